The minimum absolute atomic E-state index is 0.209. The standard InChI is InChI=1S/C8H10N4O2/c1-5(13)8-10-7(11-14-8)6-3-9-4-12(6)2/h3-5,13H,1-2H3. The van der Waals surface area contributed by atoms with Crippen LogP contribution in [0.25, 0.3) is 11.5 Å². The zero-order valence-corrected chi connectivity index (χ0v) is 7.88. The first kappa shape index (κ1) is 8.89. The molecule has 14 heavy (non-hydrogen) atoms. The summed E-state index contributed by atoms with van der Waals surface area (Å²) < 4.78 is 6.63. The lowest BCUT2D eigenvalue weighted by Gasteiger charge is -1.94. The first-order valence-electron chi connectivity index (χ1n) is 4.17. The summed E-state index contributed by atoms with van der Waals surface area (Å²) in [6, 6.07) is 0. The normalized spacial score (nSPS) is 13.1. The molecule has 2 heterocycles. The maximum Gasteiger partial charge on any atom is 0.255 e. The first-order valence-corrected chi connectivity index (χ1v) is 4.17. The summed E-state index contributed by atoms with van der Waals surface area (Å²) in [5, 5.41) is 12.9. The van der Waals surface area contributed by atoms with Gasteiger partial charge in [0.25, 0.3) is 5.89 Å². The van der Waals surface area contributed by atoms with E-state index in [4.69, 9.17) is 4.52 Å². The van der Waals surface area contributed by atoms with Gasteiger partial charge in [-0.15, -0.1) is 0 Å². The van der Waals surface area contributed by atoms with Gasteiger partial charge in [0.15, 0.2) is 0 Å². The minimum atomic E-state index is -0.746. The van der Waals surface area contributed by atoms with Crippen LogP contribution in [0.3, 0.4) is 0 Å². The number of hydrogen-bond acceptors (Lipinski definition) is 5. The van der Waals surface area contributed by atoms with Crippen LogP contribution in [-0.4, -0.2) is 24.8 Å². The van der Waals surface area contributed by atoms with Gasteiger partial charge in [-0.2, -0.15) is 4.98 Å². The molecule has 0 bridgehead atoms. The fourth-order valence-electron chi connectivity index (χ4n) is 1.08. The lowest BCUT2D eigenvalue weighted by molar-refractivity contribution is 0.152. The summed E-state index contributed by atoms with van der Waals surface area (Å²) in [5.74, 6) is 0.641. The van der Waals surface area contributed by atoms with Gasteiger partial charge in [0, 0.05) is 7.05 Å². The molecule has 0 aromatic carbocycles. The van der Waals surface area contributed by atoms with E-state index >= 15 is 0 Å². The van der Waals surface area contributed by atoms with Crippen LogP contribution >= 0.6 is 0 Å². The Morgan fingerprint density at radius 3 is 2.86 bits per heavy atom. The molecule has 0 aliphatic carbocycles. The SMILES string of the molecule is CC(O)c1nc(-c2cncn2C)no1. The average Bonchev–Trinajstić information content (AvgIpc) is 2.71. The highest BCUT2D eigenvalue weighted by Gasteiger charge is 2.14. The third-order valence-corrected chi connectivity index (χ3v) is 1.84. The van der Waals surface area contributed by atoms with E-state index in [9.17, 15) is 5.11 Å². The molecular formula is C8H10N4O2. The van der Waals surface area contributed by atoms with E-state index in [0.717, 1.165) is 5.69 Å². The summed E-state index contributed by atoms with van der Waals surface area (Å²) in [4.78, 5) is 7.96. The Morgan fingerprint density at radius 1 is 1.57 bits per heavy atom. The fourth-order valence-corrected chi connectivity index (χ4v) is 1.08. The van der Waals surface area contributed by atoms with E-state index in [1.807, 2.05) is 7.05 Å². The van der Waals surface area contributed by atoms with Crippen molar-refractivity contribution in [3.05, 3.63) is 18.4 Å². The zero-order chi connectivity index (χ0) is 10.1. The van der Waals surface area contributed by atoms with Crippen LogP contribution in [0.4, 0.5) is 0 Å². The largest absolute Gasteiger partial charge is 0.384 e. The van der Waals surface area contributed by atoms with Crippen molar-refractivity contribution in [2.24, 2.45) is 7.05 Å². The molecule has 1 N–H and O–H groups in total. The lowest BCUT2D eigenvalue weighted by atomic mass is 10.4. The number of aliphatic hydroxyl groups excluding tert-OH is 1. The number of rotatable bonds is 2. The summed E-state index contributed by atoms with van der Waals surface area (Å²) in [6.45, 7) is 1.57. The van der Waals surface area contributed by atoms with Gasteiger partial charge in [-0.05, 0) is 6.92 Å². The van der Waals surface area contributed by atoms with Crippen molar-refractivity contribution in [3.8, 4) is 11.5 Å². The summed E-state index contributed by atoms with van der Waals surface area (Å²) >= 11 is 0. The quantitative estimate of drug-likeness (QED) is 0.754. The zero-order valence-electron chi connectivity index (χ0n) is 7.88. The minimum Gasteiger partial charge on any atom is -0.384 e. The predicted molar refractivity (Wildman–Crippen MR) is 47.1 cm³/mol. The molecule has 6 nitrogen and oxygen atoms in total. The van der Waals surface area contributed by atoms with Crippen LogP contribution < -0.4 is 0 Å². The van der Waals surface area contributed by atoms with Crippen LogP contribution in [0.5, 0.6) is 0 Å². The van der Waals surface area contributed by atoms with E-state index < -0.39 is 6.10 Å². The van der Waals surface area contributed by atoms with Gasteiger partial charge in [-0.25, -0.2) is 4.98 Å². The molecule has 0 fully saturated rings. The van der Waals surface area contributed by atoms with Gasteiger partial charge in [0.1, 0.15) is 11.8 Å². The molecule has 0 saturated carbocycles. The number of aryl methyl sites for hydroxylation is 1. The average molecular weight is 194 g/mol. The molecule has 0 amide bonds. The van der Waals surface area contributed by atoms with Gasteiger partial charge >= 0.3 is 0 Å². The number of imidazole rings is 1. The van der Waals surface area contributed by atoms with E-state index in [0.29, 0.717) is 5.82 Å². The van der Waals surface area contributed by atoms with Crippen LogP contribution in [0.15, 0.2) is 17.0 Å². The predicted octanol–water partition coefficient (Wildman–Crippen LogP) is 0.523. The second-order valence-electron chi connectivity index (χ2n) is 3.02. The maximum absolute atomic E-state index is 9.19. The molecule has 2 aromatic heterocycles. The van der Waals surface area contributed by atoms with Crippen molar-refractivity contribution >= 4 is 0 Å². The Labute approximate surface area is 80.2 Å². The van der Waals surface area contributed by atoms with Crippen LogP contribution in [0, 0.1) is 0 Å². The topological polar surface area (TPSA) is 77.0 Å². The molecular weight excluding hydrogens is 184 g/mol. The fraction of sp³-hybridized carbons (Fsp3) is 0.375. The van der Waals surface area contributed by atoms with E-state index in [1.165, 1.54) is 0 Å². The second-order valence-corrected chi connectivity index (χ2v) is 3.02. The Kier molecular flexibility index (Phi) is 2.05. The van der Waals surface area contributed by atoms with Crippen LogP contribution in [0.1, 0.15) is 18.9 Å². The van der Waals surface area contributed by atoms with Crippen molar-refractivity contribution in [3.63, 3.8) is 0 Å². The van der Waals surface area contributed by atoms with E-state index in [2.05, 4.69) is 15.1 Å². The van der Waals surface area contributed by atoms with Gasteiger partial charge in [-0.1, -0.05) is 5.16 Å². The molecule has 2 aromatic rings. The van der Waals surface area contributed by atoms with Crippen molar-refractivity contribution < 1.29 is 9.63 Å². The highest BCUT2D eigenvalue weighted by Crippen LogP contribution is 2.16. The van der Waals surface area contributed by atoms with Crippen LogP contribution in [-0.2, 0) is 7.05 Å². The monoisotopic (exact) mass is 194 g/mol. The maximum atomic E-state index is 9.19. The smallest absolute Gasteiger partial charge is 0.255 e. The molecule has 1 atom stereocenters. The van der Waals surface area contributed by atoms with Gasteiger partial charge in [0.2, 0.25) is 5.82 Å². The Hall–Kier alpha value is -1.69. The third-order valence-electron chi connectivity index (χ3n) is 1.84. The van der Waals surface area contributed by atoms with Crippen molar-refractivity contribution in [1.29, 1.82) is 0 Å². The Balaban J connectivity index is 2.39. The highest BCUT2D eigenvalue weighted by atomic mass is 16.5. The molecule has 1 unspecified atom stereocenters. The van der Waals surface area contributed by atoms with Gasteiger partial charge < -0.3 is 14.2 Å². The molecule has 0 spiro atoms. The van der Waals surface area contributed by atoms with Crippen molar-refractivity contribution in [1.82, 2.24) is 19.7 Å². The summed E-state index contributed by atoms with van der Waals surface area (Å²) in [7, 11) is 1.83. The Bertz CT molecular complexity index is 432. The Morgan fingerprint density at radius 2 is 2.36 bits per heavy atom. The molecule has 74 valence electrons. The third kappa shape index (κ3) is 1.39. The van der Waals surface area contributed by atoms with Crippen LogP contribution in [0.2, 0.25) is 0 Å². The van der Waals surface area contributed by atoms with Gasteiger partial charge in [-0.3, -0.25) is 0 Å². The second kappa shape index (κ2) is 3.22. The first-order chi connectivity index (χ1) is 6.68. The number of hydrogen-bond donors (Lipinski definition) is 1. The van der Waals surface area contributed by atoms with E-state index in [-0.39, 0.29) is 5.89 Å². The molecule has 0 aliphatic rings. The number of aliphatic hydroxyl groups is 1. The highest BCUT2D eigenvalue weighted by molar-refractivity contribution is 5.47. The molecule has 2 rings (SSSR count). The lowest BCUT2D eigenvalue weighted by Crippen LogP contribution is -1.93. The molecule has 6 heteroatoms. The van der Waals surface area contributed by atoms with Crippen molar-refractivity contribution in [2.45, 2.75) is 13.0 Å². The summed E-state index contributed by atoms with van der Waals surface area (Å²) in [6.07, 6.45) is 2.54. The number of aromatic nitrogens is 4. The van der Waals surface area contributed by atoms with Gasteiger partial charge in [0.05, 0.1) is 12.5 Å². The molecule has 0 saturated heterocycles. The number of nitrogens with zero attached hydrogens (tertiary/aromatic N) is 4. The van der Waals surface area contributed by atoms with Crippen molar-refractivity contribution in [2.75, 3.05) is 0 Å². The molecule has 0 radical (unpaired) electrons. The van der Waals surface area contributed by atoms with E-state index in [1.54, 1.807) is 24.0 Å². The summed E-state index contributed by atoms with van der Waals surface area (Å²) in [5.41, 5.74) is 0.751. The molecule has 0 aliphatic heterocycles.